The van der Waals surface area contributed by atoms with Crippen LogP contribution in [0.1, 0.15) is 15.9 Å². The minimum atomic E-state index is -3.66. The van der Waals surface area contributed by atoms with Gasteiger partial charge in [0.05, 0.1) is 15.5 Å². The molecule has 0 aromatic heterocycles. The molecule has 0 bridgehead atoms. The molecule has 0 aliphatic heterocycles. The van der Waals surface area contributed by atoms with Gasteiger partial charge in [-0.05, 0) is 42.3 Å². The Bertz CT molecular complexity index is 885. The van der Waals surface area contributed by atoms with Gasteiger partial charge in [0.2, 0.25) is 10.0 Å². The summed E-state index contributed by atoms with van der Waals surface area (Å²) in [5.74, 6) is -0.828. The van der Waals surface area contributed by atoms with Crippen LogP contribution in [0.2, 0.25) is 5.02 Å². The van der Waals surface area contributed by atoms with Crippen molar-refractivity contribution in [3.05, 3.63) is 64.4 Å². The van der Waals surface area contributed by atoms with E-state index < -0.39 is 15.9 Å². The zero-order valence-corrected chi connectivity index (χ0v) is 15.4. The van der Waals surface area contributed by atoms with Gasteiger partial charge < -0.3 is 5.32 Å². The van der Waals surface area contributed by atoms with Crippen molar-refractivity contribution < 1.29 is 17.6 Å². The van der Waals surface area contributed by atoms with Crippen LogP contribution in [0.15, 0.2) is 47.4 Å². The third kappa shape index (κ3) is 4.78. The lowest BCUT2D eigenvalue weighted by Crippen LogP contribution is -2.27. The molecule has 25 heavy (non-hydrogen) atoms. The zero-order valence-electron chi connectivity index (χ0n) is 13.8. The number of sulfonamides is 1. The lowest BCUT2D eigenvalue weighted by Gasteiger charge is -2.13. The van der Waals surface area contributed by atoms with Crippen LogP contribution in [0.5, 0.6) is 0 Å². The van der Waals surface area contributed by atoms with Gasteiger partial charge in [0.25, 0.3) is 5.91 Å². The summed E-state index contributed by atoms with van der Waals surface area (Å²) in [6.07, 6.45) is 0.441. The molecule has 0 heterocycles. The number of nitrogens with zero attached hydrogens (tertiary/aromatic N) is 1. The Kier molecular flexibility index (Phi) is 6.16. The smallest absolute Gasteiger partial charge is 0.252 e. The number of amides is 1. The number of carbonyl (C=O) groups excluding carboxylic acids is 1. The van der Waals surface area contributed by atoms with Crippen molar-refractivity contribution in [2.24, 2.45) is 0 Å². The molecule has 8 heteroatoms. The van der Waals surface area contributed by atoms with Gasteiger partial charge in [0, 0.05) is 20.6 Å². The molecule has 2 aromatic rings. The Morgan fingerprint density at radius 2 is 1.92 bits per heavy atom. The van der Waals surface area contributed by atoms with Crippen molar-refractivity contribution in [2.45, 2.75) is 11.3 Å². The lowest BCUT2D eigenvalue weighted by molar-refractivity contribution is 0.0954. The number of hydrogen-bond acceptors (Lipinski definition) is 3. The topological polar surface area (TPSA) is 66.5 Å². The molecule has 2 rings (SSSR count). The third-order valence-corrected chi connectivity index (χ3v) is 5.69. The Morgan fingerprint density at radius 3 is 2.56 bits per heavy atom. The molecule has 1 amide bonds. The highest BCUT2D eigenvalue weighted by Crippen LogP contribution is 2.22. The second kappa shape index (κ2) is 7.95. The number of halogens is 2. The number of nitrogens with one attached hydrogen (secondary N) is 1. The molecular weight excluding hydrogens is 367 g/mol. The van der Waals surface area contributed by atoms with Gasteiger partial charge >= 0.3 is 0 Å². The fourth-order valence-corrected chi connectivity index (χ4v) is 3.29. The highest BCUT2D eigenvalue weighted by Gasteiger charge is 2.20. The van der Waals surface area contributed by atoms with Crippen molar-refractivity contribution in [1.29, 1.82) is 0 Å². The Hall–Kier alpha value is -1.96. The first-order chi connectivity index (χ1) is 11.7. The molecule has 134 valence electrons. The van der Waals surface area contributed by atoms with Gasteiger partial charge in [0.1, 0.15) is 5.82 Å². The SMILES string of the molecule is CN(C)S(=O)(=O)c1ccc(Cl)c(C(=O)NCCc2cccc(F)c2)c1. The maximum Gasteiger partial charge on any atom is 0.252 e. The summed E-state index contributed by atoms with van der Waals surface area (Å²) in [5.41, 5.74) is 0.819. The number of hydrogen-bond donors (Lipinski definition) is 1. The van der Waals surface area contributed by atoms with Gasteiger partial charge in [-0.2, -0.15) is 0 Å². The minimum absolute atomic E-state index is 0.0165. The average molecular weight is 385 g/mol. The molecule has 1 N–H and O–H groups in total. The molecule has 0 radical (unpaired) electrons. The van der Waals surface area contributed by atoms with Crippen LogP contribution in [0.4, 0.5) is 4.39 Å². The van der Waals surface area contributed by atoms with E-state index in [2.05, 4.69) is 5.32 Å². The Balaban J connectivity index is 2.11. The second-order valence-corrected chi connectivity index (χ2v) is 8.12. The molecule has 0 saturated carbocycles. The molecule has 0 fully saturated rings. The van der Waals surface area contributed by atoms with Gasteiger partial charge in [-0.3, -0.25) is 4.79 Å². The van der Waals surface area contributed by atoms with E-state index in [1.54, 1.807) is 12.1 Å². The summed E-state index contributed by atoms with van der Waals surface area (Å²) >= 11 is 6.02. The molecule has 5 nitrogen and oxygen atoms in total. The van der Waals surface area contributed by atoms with Crippen LogP contribution >= 0.6 is 11.6 Å². The highest BCUT2D eigenvalue weighted by atomic mass is 35.5. The van der Waals surface area contributed by atoms with Crippen LogP contribution in [-0.2, 0) is 16.4 Å². The van der Waals surface area contributed by atoms with Crippen LogP contribution in [0, 0.1) is 5.82 Å². The van der Waals surface area contributed by atoms with Crippen LogP contribution < -0.4 is 5.32 Å². The maximum atomic E-state index is 13.1. The van der Waals surface area contributed by atoms with E-state index in [1.165, 1.54) is 44.4 Å². The molecule has 0 saturated heterocycles. The van der Waals surface area contributed by atoms with E-state index in [4.69, 9.17) is 11.6 Å². The highest BCUT2D eigenvalue weighted by molar-refractivity contribution is 7.89. The summed E-state index contributed by atoms with van der Waals surface area (Å²) in [7, 11) is -0.854. The summed E-state index contributed by atoms with van der Waals surface area (Å²) in [4.78, 5) is 12.3. The fourth-order valence-electron chi connectivity index (χ4n) is 2.16. The van der Waals surface area contributed by atoms with Gasteiger partial charge in [-0.1, -0.05) is 23.7 Å². The van der Waals surface area contributed by atoms with E-state index in [9.17, 15) is 17.6 Å². The first-order valence-electron chi connectivity index (χ1n) is 7.46. The van der Waals surface area contributed by atoms with E-state index >= 15 is 0 Å². The largest absolute Gasteiger partial charge is 0.352 e. The van der Waals surface area contributed by atoms with Crippen molar-refractivity contribution in [3.63, 3.8) is 0 Å². The number of carbonyl (C=O) groups is 1. The summed E-state index contributed by atoms with van der Waals surface area (Å²) < 4.78 is 38.5. The van der Waals surface area contributed by atoms with Crippen LogP contribution in [0.3, 0.4) is 0 Å². The van der Waals surface area contributed by atoms with Crippen molar-refractivity contribution >= 4 is 27.5 Å². The van der Waals surface area contributed by atoms with Crippen molar-refractivity contribution in [2.75, 3.05) is 20.6 Å². The minimum Gasteiger partial charge on any atom is -0.352 e. The predicted octanol–water partition coefficient (Wildman–Crippen LogP) is 2.70. The third-order valence-electron chi connectivity index (χ3n) is 3.55. The predicted molar refractivity (Wildman–Crippen MR) is 94.8 cm³/mol. The van der Waals surface area contributed by atoms with E-state index in [1.807, 2.05) is 0 Å². The van der Waals surface area contributed by atoms with Gasteiger partial charge in [0.15, 0.2) is 0 Å². The van der Waals surface area contributed by atoms with Gasteiger partial charge in [-0.25, -0.2) is 17.1 Å². The number of benzene rings is 2. The van der Waals surface area contributed by atoms with E-state index in [-0.39, 0.29) is 27.8 Å². The monoisotopic (exact) mass is 384 g/mol. The zero-order chi connectivity index (χ0) is 18.6. The summed E-state index contributed by atoms with van der Waals surface area (Å²) in [6.45, 7) is 0.267. The molecule has 0 atom stereocenters. The molecule has 0 unspecified atom stereocenters. The van der Waals surface area contributed by atoms with Crippen LogP contribution in [-0.4, -0.2) is 39.3 Å². The molecule has 0 spiro atoms. The van der Waals surface area contributed by atoms with Gasteiger partial charge in [-0.15, -0.1) is 0 Å². The quantitative estimate of drug-likeness (QED) is 0.832. The van der Waals surface area contributed by atoms with Crippen LogP contribution in [0.25, 0.3) is 0 Å². The molecule has 2 aromatic carbocycles. The van der Waals surface area contributed by atoms with E-state index in [0.29, 0.717) is 6.42 Å². The lowest BCUT2D eigenvalue weighted by atomic mass is 10.1. The first kappa shape index (κ1) is 19.4. The van der Waals surface area contributed by atoms with Crippen molar-refractivity contribution in [1.82, 2.24) is 9.62 Å². The average Bonchev–Trinajstić information content (AvgIpc) is 2.54. The summed E-state index contributed by atoms with van der Waals surface area (Å²) in [6, 6.07) is 10.1. The number of rotatable bonds is 6. The first-order valence-corrected chi connectivity index (χ1v) is 9.28. The fraction of sp³-hybridized carbons (Fsp3) is 0.235. The standard InChI is InChI=1S/C17H18ClFN2O3S/c1-21(2)25(23,24)14-6-7-16(18)15(11-14)17(22)20-9-8-12-4-3-5-13(19)10-12/h3-7,10-11H,8-9H2,1-2H3,(H,20,22). The maximum absolute atomic E-state index is 13.1. The van der Waals surface area contributed by atoms with Crippen molar-refractivity contribution in [3.8, 4) is 0 Å². The summed E-state index contributed by atoms with van der Waals surface area (Å²) in [5, 5.41) is 2.82. The Morgan fingerprint density at radius 1 is 1.20 bits per heavy atom. The normalized spacial score (nSPS) is 11.6. The second-order valence-electron chi connectivity index (χ2n) is 5.56. The molecule has 0 aliphatic carbocycles. The molecular formula is C17H18ClFN2O3S. The molecule has 0 aliphatic rings. The van der Waals surface area contributed by atoms with E-state index in [0.717, 1.165) is 9.87 Å². The Labute approximate surface area is 151 Å².